The Kier molecular flexibility index (Phi) is 4.24. The van der Waals surface area contributed by atoms with Gasteiger partial charge in [-0.25, -0.2) is 4.79 Å². The molecule has 0 saturated carbocycles. The van der Waals surface area contributed by atoms with Gasteiger partial charge in [0, 0.05) is 6.20 Å². The van der Waals surface area contributed by atoms with Crippen LogP contribution in [-0.4, -0.2) is 35.8 Å². The molecule has 1 atom stereocenters. The Morgan fingerprint density at radius 1 is 1.81 bits per heavy atom. The molecule has 0 aliphatic rings. The Labute approximate surface area is 92.5 Å². The number of nitriles is 1. The fourth-order valence-electron chi connectivity index (χ4n) is 1.12. The molecule has 2 N–H and O–H groups in total. The largest absolute Gasteiger partial charge is 0.467 e. The van der Waals surface area contributed by atoms with Crippen molar-refractivity contribution in [1.29, 1.82) is 5.26 Å². The molecule has 84 valence electrons. The maximum absolute atomic E-state index is 11.2. The highest BCUT2D eigenvalue weighted by Gasteiger charge is 2.18. The molecule has 0 spiro atoms. The number of hydrogen-bond donors (Lipinski definition) is 2. The number of anilines is 1. The number of rotatable bonds is 4. The fourth-order valence-corrected chi connectivity index (χ4v) is 1.12. The Morgan fingerprint density at radius 2 is 2.56 bits per heavy atom. The fraction of sp³-hybridized carbons (Fsp3) is 0.300. The maximum atomic E-state index is 11.2. The standard InChI is InChI=1S/C10H11N3O3/c1-16-10(15)9(6-14)13-8-5-12-3-2-7(8)4-11/h2-3,5,9,13-14H,6H2,1H3. The van der Waals surface area contributed by atoms with Crippen molar-refractivity contribution in [3.05, 3.63) is 24.0 Å². The minimum absolute atomic E-state index is 0.345. The number of carbonyl (C=O) groups is 1. The molecule has 0 fully saturated rings. The van der Waals surface area contributed by atoms with Gasteiger partial charge in [0.05, 0.1) is 31.2 Å². The molecule has 6 nitrogen and oxygen atoms in total. The van der Waals surface area contributed by atoms with E-state index in [1.807, 2.05) is 6.07 Å². The summed E-state index contributed by atoms with van der Waals surface area (Å²) in [5, 5.41) is 20.5. The molecule has 16 heavy (non-hydrogen) atoms. The van der Waals surface area contributed by atoms with E-state index >= 15 is 0 Å². The van der Waals surface area contributed by atoms with Crippen molar-refractivity contribution < 1.29 is 14.6 Å². The zero-order valence-corrected chi connectivity index (χ0v) is 8.67. The van der Waals surface area contributed by atoms with Crippen LogP contribution in [0.5, 0.6) is 0 Å². The van der Waals surface area contributed by atoms with Crippen molar-refractivity contribution in [2.45, 2.75) is 6.04 Å². The topological polar surface area (TPSA) is 95.2 Å². The second-order valence-electron chi connectivity index (χ2n) is 2.94. The second kappa shape index (κ2) is 5.68. The molecule has 1 unspecified atom stereocenters. The van der Waals surface area contributed by atoms with Gasteiger partial charge in [0.25, 0.3) is 0 Å². The Hall–Kier alpha value is -2.13. The van der Waals surface area contributed by atoms with Crippen LogP contribution >= 0.6 is 0 Å². The summed E-state index contributed by atoms with van der Waals surface area (Å²) in [4.78, 5) is 15.0. The molecule has 0 aromatic carbocycles. The van der Waals surface area contributed by atoms with Crippen molar-refractivity contribution in [1.82, 2.24) is 4.98 Å². The minimum Gasteiger partial charge on any atom is -0.467 e. The molecular formula is C10H11N3O3. The van der Waals surface area contributed by atoms with Crippen molar-refractivity contribution in [3.8, 4) is 6.07 Å². The van der Waals surface area contributed by atoms with E-state index in [0.717, 1.165) is 0 Å². The number of nitrogens with one attached hydrogen (secondary N) is 1. The van der Waals surface area contributed by atoms with Crippen LogP contribution in [0.25, 0.3) is 0 Å². The summed E-state index contributed by atoms with van der Waals surface area (Å²) >= 11 is 0. The highest BCUT2D eigenvalue weighted by atomic mass is 16.5. The summed E-state index contributed by atoms with van der Waals surface area (Å²) in [5.41, 5.74) is 0.729. The molecule has 6 heteroatoms. The first-order chi connectivity index (χ1) is 7.72. The van der Waals surface area contributed by atoms with Crippen molar-refractivity contribution in [2.75, 3.05) is 19.0 Å². The van der Waals surface area contributed by atoms with Gasteiger partial charge < -0.3 is 15.2 Å². The van der Waals surface area contributed by atoms with Gasteiger partial charge in [-0.1, -0.05) is 0 Å². The van der Waals surface area contributed by atoms with Crippen LogP contribution in [0.2, 0.25) is 0 Å². The number of aliphatic hydroxyl groups is 1. The second-order valence-corrected chi connectivity index (χ2v) is 2.94. The third-order valence-corrected chi connectivity index (χ3v) is 1.94. The van der Waals surface area contributed by atoms with E-state index in [0.29, 0.717) is 11.3 Å². The van der Waals surface area contributed by atoms with Gasteiger partial charge in [0.1, 0.15) is 12.1 Å². The molecule has 0 radical (unpaired) electrons. The van der Waals surface area contributed by atoms with E-state index in [9.17, 15) is 4.79 Å². The minimum atomic E-state index is -0.902. The predicted molar refractivity (Wildman–Crippen MR) is 55.5 cm³/mol. The lowest BCUT2D eigenvalue weighted by molar-refractivity contribution is -0.142. The summed E-state index contributed by atoms with van der Waals surface area (Å²) in [6, 6.07) is 2.55. The first-order valence-corrected chi connectivity index (χ1v) is 4.52. The molecule has 1 heterocycles. The Bertz CT molecular complexity index is 414. The van der Waals surface area contributed by atoms with Crippen molar-refractivity contribution in [2.24, 2.45) is 0 Å². The summed E-state index contributed by atoms with van der Waals surface area (Å²) in [6.07, 6.45) is 2.87. The van der Waals surface area contributed by atoms with Crippen LogP contribution in [0.3, 0.4) is 0 Å². The Balaban J connectivity index is 2.86. The summed E-state index contributed by atoms with van der Waals surface area (Å²) < 4.78 is 4.48. The van der Waals surface area contributed by atoms with Crippen LogP contribution in [-0.2, 0) is 9.53 Å². The summed E-state index contributed by atoms with van der Waals surface area (Å²) in [6.45, 7) is -0.424. The van der Waals surface area contributed by atoms with E-state index in [2.05, 4.69) is 15.0 Å². The number of pyridine rings is 1. The zero-order chi connectivity index (χ0) is 12.0. The molecule has 0 aliphatic carbocycles. The van der Waals surface area contributed by atoms with Crippen molar-refractivity contribution >= 4 is 11.7 Å². The van der Waals surface area contributed by atoms with Crippen molar-refractivity contribution in [3.63, 3.8) is 0 Å². The van der Waals surface area contributed by atoms with Gasteiger partial charge >= 0.3 is 5.97 Å². The van der Waals surface area contributed by atoms with Crippen LogP contribution in [0, 0.1) is 11.3 Å². The van der Waals surface area contributed by atoms with Gasteiger partial charge in [-0.05, 0) is 6.07 Å². The lowest BCUT2D eigenvalue weighted by atomic mass is 10.2. The van der Waals surface area contributed by atoms with E-state index in [1.165, 1.54) is 25.6 Å². The van der Waals surface area contributed by atoms with Gasteiger partial charge in [-0.2, -0.15) is 5.26 Å². The molecule has 0 aliphatic heterocycles. The number of carbonyl (C=O) groups excluding carboxylic acids is 1. The lowest BCUT2D eigenvalue weighted by Crippen LogP contribution is -2.34. The SMILES string of the molecule is COC(=O)C(CO)Nc1cnccc1C#N. The highest BCUT2D eigenvalue weighted by molar-refractivity contribution is 5.80. The molecule has 0 bridgehead atoms. The number of esters is 1. The molecule has 1 rings (SSSR count). The Morgan fingerprint density at radius 3 is 3.12 bits per heavy atom. The third-order valence-electron chi connectivity index (χ3n) is 1.94. The van der Waals surface area contributed by atoms with Crippen LogP contribution < -0.4 is 5.32 Å². The number of aliphatic hydroxyl groups excluding tert-OH is 1. The summed E-state index contributed by atoms with van der Waals surface area (Å²) in [5.74, 6) is -0.602. The number of methoxy groups -OCH3 is 1. The van der Waals surface area contributed by atoms with Gasteiger partial charge in [0.15, 0.2) is 0 Å². The van der Waals surface area contributed by atoms with E-state index in [1.54, 1.807) is 0 Å². The van der Waals surface area contributed by atoms with Gasteiger partial charge in [-0.3, -0.25) is 4.98 Å². The first kappa shape index (κ1) is 11.9. The predicted octanol–water partition coefficient (Wildman–Crippen LogP) is -0.101. The maximum Gasteiger partial charge on any atom is 0.330 e. The number of nitrogens with zero attached hydrogens (tertiary/aromatic N) is 2. The molecule has 1 aromatic rings. The summed E-state index contributed by atoms with van der Waals surface area (Å²) in [7, 11) is 1.22. The van der Waals surface area contributed by atoms with E-state index < -0.39 is 18.6 Å². The smallest absolute Gasteiger partial charge is 0.330 e. The monoisotopic (exact) mass is 221 g/mol. The van der Waals surface area contributed by atoms with Crippen LogP contribution in [0.15, 0.2) is 18.5 Å². The normalized spacial score (nSPS) is 11.3. The van der Waals surface area contributed by atoms with E-state index in [-0.39, 0.29) is 0 Å². The number of hydrogen-bond acceptors (Lipinski definition) is 6. The molecule has 0 saturated heterocycles. The van der Waals surface area contributed by atoms with Crippen LogP contribution in [0.4, 0.5) is 5.69 Å². The van der Waals surface area contributed by atoms with Crippen LogP contribution in [0.1, 0.15) is 5.56 Å². The number of ether oxygens (including phenoxy) is 1. The van der Waals surface area contributed by atoms with Gasteiger partial charge in [-0.15, -0.1) is 0 Å². The molecule has 0 amide bonds. The third kappa shape index (κ3) is 2.68. The molecule has 1 aromatic heterocycles. The average molecular weight is 221 g/mol. The van der Waals surface area contributed by atoms with E-state index in [4.69, 9.17) is 10.4 Å². The quantitative estimate of drug-likeness (QED) is 0.689. The first-order valence-electron chi connectivity index (χ1n) is 4.52. The lowest BCUT2D eigenvalue weighted by Gasteiger charge is -2.15. The highest BCUT2D eigenvalue weighted by Crippen LogP contribution is 2.13. The van der Waals surface area contributed by atoms with Gasteiger partial charge in [0.2, 0.25) is 0 Å². The zero-order valence-electron chi connectivity index (χ0n) is 8.67. The molecular weight excluding hydrogens is 210 g/mol. The number of aromatic nitrogens is 1. The average Bonchev–Trinajstić information content (AvgIpc) is 2.35.